The van der Waals surface area contributed by atoms with Crippen LogP contribution in [-0.4, -0.2) is 20.8 Å². The molecule has 1 aliphatic carbocycles. The lowest BCUT2D eigenvalue weighted by Crippen LogP contribution is -2.29. The number of rotatable bonds is 6. The first kappa shape index (κ1) is 17.5. The molecule has 140 valence electrons. The monoisotopic (exact) mass is 363 g/mol. The summed E-state index contributed by atoms with van der Waals surface area (Å²) in [5.74, 6) is 3.25. The molecule has 1 N–H and O–H groups in total. The summed E-state index contributed by atoms with van der Waals surface area (Å²) in [5, 5.41) is 3.74. The van der Waals surface area contributed by atoms with Crippen molar-refractivity contribution < 1.29 is 14.2 Å². The lowest BCUT2D eigenvalue weighted by atomic mass is 9.77. The fourth-order valence-corrected chi connectivity index (χ4v) is 4.19. The van der Waals surface area contributed by atoms with Crippen molar-refractivity contribution in [2.75, 3.05) is 26.1 Å². The maximum Gasteiger partial charge on any atom is 0.161 e. The van der Waals surface area contributed by atoms with Crippen LogP contribution in [0.15, 0.2) is 61.2 Å². The van der Waals surface area contributed by atoms with Gasteiger partial charge in [-0.1, -0.05) is 30.9 Å². The molecule has 0 saturated carbocycles. The molecule has 2 aromatic rings. The highest BCUT2D eigenvalue weighted by molar-refractivity contribution is 5.62. The fourth-order valence-electron chi connectivity index (χ4n) is 4.19. The maximum absolute atomic E-state index is 5.74. The van der Waals surface area contributed by atoms with Gasteiger partial charge in [0.15, 0.2) is 11.5 Å². The van der Waals surface area contributed by atoms with Crippen molar-refractivity contribution in [1.29, 1.82) is 0 Å². The lowest BCUT2D eigenvalue weighted by molar-refractivity contribution is 0.352. The number of ether oxygens (including phenoxy) is 3. The van der Waals surface area contributed by atoms with Crippen LogP contribution in [0.3, 0.4) is 0 Å². The number of nitrogens with one attached hydrogen (secondary N) is 1. The molecule has 2 aliphatic rings. The van der Waals surface area contributed by atoms with Crippen molar-refractivity contribution in [2.45, 2.75) is 18.4 Å². The molecular weight excluding hydrogens is 338 g/mol. The van der Waals surface area contributed by atoms with Crippen LogP contribution in [0.2, 0.25) is 0 Å². The van der Waals surface area contributed by atoms with Crippen molar-refractivity contribution in [3.05, 3.63) is 72.3 Å². The Morgan fingerprint density at radius 1 is 1.11 bits per heavy atom. The van der Waals surface area contributed by atoms with E-state index in [0.717, 1.165) is 29.4 Å². The molecule has 0 bridgehead atoms. The van der Waals surface area contributed by atoms with E-state index in [-0.39, 0.29) is 6.04 Å². The fraction of sp³-hybridized carbons (Fsp3) is 0.304. The molecule has 0 saturated heterocycles. The van der Waals surface area contributed by atoms with Crippen molar-refractivity contribution in [3.8, 4) is 17.2 Å². The van der Waals surface area contributed by atoms with Crippen LogP contribution >= 0.6 is 0 Å². The Hall–Kier alpha value is -2.88. The Morgan fingerprint density at radius 2 is 1.96 bits per heavy atom. The molecule has 0 radical (unpaired) electrons. The number of benzene rings is 2. The van der Waals surface area contributed by atoms with Crippen molar-refractivity contribution in [1.82, 2.24) is 0 Å². The number of fused-ring (bicyclic) bond motifs is 3. The molecule has 0 fully saturated rings. The van der Waals surface area contributed by atoms with Crippen molar-refractivity contribution in [2.24, 2.45) is 5.92 Å². The minimum absolute atomic E-state index is 0.220. The van der Waals surface area contributed by atoms with Crippen LogP contribution in [0, 0.1) is 5.92 Å². The predicted octanol–water partition coefficient (Wildman–Crippen LogP) is 5.10. The van der Waals surface area contributed by atoms with E-state index in [1.165, 1.54) is 11.1 Å². The summed E-state index contributed by atoms with van der Waals surface area (Å²) in [4.78, 5) is 0. The van der Waals surface area contributed by atoms with Gasteiger partial charge in [-0.05, 0) is 53.8 Å². The normalized spacial score (nSPS) is 22.4. The number of hydrogen-bond acceptors (Lipinski definition) is 4. The SMILES string of the molecule is C=CCOc1ccc2c(c1)C1C=CCC1C(c1ccc(OC)c(OC)c1)N2. The van der Waals surface area contributed by atoms with Gasteiger partial charge in [-0.3, -0.25) is 0 Å². The van der Waals surface area contributed by atoms with E-state index in [9.17, 15) is 0 Å². The average molecular weight is 363 g/mol. The maximum atomic E-state index is 5.74. The minimum Gasteiger partial charge on any atom is -0.493 e. The molecule has 3 unspecified atom stereocenters. The smallest absolute Gasteiger partial charge is 0.161 e. The largest absolute Gasteiger partial charge is 0.493 e. The zero-order valence-corrected chi connectivity index (χ0v) is 15.8. The third kappa shape index (κ3) is 3.16. The zero-order valence-electron chi connectivity index (χ0n) is 15.8. The first-order chi connectivity index (χ1) is 13.2. The molecule has 3 atom stereocenters. The van der Waals surface area contributed by atoms with E-state index in [1.54, 1.807) is 20.3 Å². The number of allylic oxidation sites excluding steroid dienone is 2. The summed E-state index contributed by atoms with van der Waals surface area (Å²) in [7, 11) is 3.34. The van der Waals surface area contributed by atoms with Gasteiger partial charge in [0, 0.05) is 11.6 Å². The highest BCUT2D eigenvalue weighted by atomic mass is 16.5. The van der Waals surface area contributed by atoms with E-state index < -0.39 is 0 Å². The molecule has 4 heteroatoms. The quantitative estimate of drug-likeness (QED) is 0.725. The van der Waals surface area contributed by atoms with Gasteiger partial charge in [0.2, 0.25) is 0 Å². The summed E-state index contributed by atoms with van der Waals surface area (Å²) >= 11 is 0. The molecule has 0 spiro atoms. The molecule has 27 heavy (non-hydrogen) atoms. The topological polar surface area (TPSA) is 39.7 Å². The van der Waals surface area contributed by atoms with Gasteiger partial charge in [0.25, 0.3) is 0 Å². The molecule has 4 nitrogen and oxygen atoms in total. The van der Waals surface area contributed by atoms with Crippen LogP contribution in [0.25, 0.3) is 0 Å². The van der Waals surface area contributed by atoms with Crippen LogP contribution in [0.1, 0.15) is 29.5 Å². The van der Waals surface area contributed by atoms with Crippen molar-refractivity contribution >= 4 is 5.69 Å². The van der Waals surface area contributed by atoms with Crippen molar-refractivity contribution in [3.63, 3.8) is 0 Å². The lowest BCUT2D eigenvalue weighted by Gasteiger charge is -2.37. The minimum atomic E-state index is 0.220. The second-order valence-electron chi connectivity index (χ2n) is 6.94. The standard InChI is InChI=1S/C23H25NO3/c1-4-12-27-16-9-10-20-19(14-16)17-6-5-7-18(17)23(24-20)15-8-11-21(25-2)22(13-15)26-3/h4-6,8-11,13-14,17-18,23-24H,1,7,12H2,2-3H3. The summed E-state index contributed by atoms with van der Waals surface area (Å²) < 4.78 is 16.6. The van der Waals surface area contributed by atoms with E-state index >= 15 is 0 Å². The Bertz CT molecular complexity index is 874. The Kier molecular flexibility index (Phi) is 4.80. The van der Waals surface area contributed by atoms with Gasteiger partial charge in [-0.25, -0.2) is 0 Å². The van der Waals surface area contributed by atoms with Gasteiger partial charge < -0.3 is 19.5 Å². The van der Waals surface area contributed by atoms with Gasteiger partial charge in [-0.2, -0.15) is 0 Å². The average Bonchev–Trinajstić information content (AvgIpc) is 3.21. The third-order valence-corrected chi connectivity index (χ3v) is 5.47. The van der Waals surface area contributed by atoms with Crippen LogP contribution in [-0.2, 0) is 0 Å². The highest BCUT2D eigenvalue weighted by Crippen LogP contribution is 2.51. The molecular formula is C23H25NO3. The summed E-state index contributed by atoms with van der Waals surface area (Å²) in [6.45, 7) is 4.24. The molecule has 0 aromatic heterocycles. The first-order valence-electron chi connectivity index (χ1n) is 9.28. The van der Waals surface area contributed by atoms with Gasteiger partial charge in [0.1, 0.15) is 12.4 Å². The van der Waals surface area contributed by atoms with Gasteiger partial charge in [0.05, 0.1) is 20.3 Å². The number of methoxy groups -OCH3 is 2. The predicted molar refractivity (Wildman–Crippen MR) is 108 cm³/mol. The van der Waals surface area contributed by atoms with Gasteiger partial charge >= 0.3 is 0 Å². The van der Waals surface area contributed by atoms with E-state index in [0.29, 0.717) is 18.4 Å². The summed E-state index contributed by atoms with van der Waals surface area (Å²) in [6, 6.07) is 12.7. The van der Waals surface area contributed by atoms with E-state index in [2.05, 4.69) is 48.3 Å². The molecule has 1 aliphatic heterocycles. The third-order valence-electron chi connectivity index (χ3n) is 5.47. The van der Waals surface area contributed by atoms with Crippen LogP contribution in [0.5, 0.6) is 17.2 Å². The van der Waals surface area contributed by atoms with Crippen LogP contribution in [0.4, 0.5) is 5.69 Å². The van der Waals surface area contributed by atoms with E-state index in [1.807, 2.05) is 12.1 Å². The summed E-state index contributed by atoms with van der Waals surface area (Å²) in [6.07, 6.45) is 7.43. The zero-order chi connectivity index (χ0) is 18.8. The Labute approximate surface area is 160 Å². The Balaban J connectivity index is 1.69. The van der Waals surface area contributed by atoms with Gasteiger partial charge in [-0.15, -0.1) is 0 Å². The first-order valence-corrected chi connectivity index (χ1v) is 9.28. The van der Waals surface area contributed by atoms with E-state index in [4.69, 9.17) is 14.2 Å². The number of hydrogen-bond donors (Lipinski definition) is 1. The molecule has 0 amide bonds. The second-order valence-corrected chi connectivity index (χ2v) is 6.94. The second kappa shape index (κ2) is 7.39. The van der Waals surface area contributed by atoms with Crippen LogP contribution < -0.4 is 19.5 Å². The number of anilines is 1. The Morgan fingerprint density at radius 3 is 2.74 bits per heavy atom. The molecule has 2 aromatic carbocycles. The summed E-state index contributed by atoms with van der Waals surface area (Å²) in [5.41, 5.74) is 3.67. The molecule has 4 rings (SSSR count). The molecule has 1 heterocycles. The highest BCUT2D eigenvalue weighted by Gasteiger charge is 2.38.